The van der Waals surface area contributed by atoms with Crippen LogP contribution in [0.1, 0.15) is 5.56 Å². The smallest absolute Gasteiger partial charge is 0.127 e. The molecular formula is C23H19ClN2O. The van der Waals surface area contributed by atoms with Crippen molar-refractivity contribution in [2.24, 2.45) is 0 Å². The number of ether oxygens (including phenoxy) is 1. The standard InChI is InChI=1S/C23H19ClN2O/c24-21-11-5-10-20-22(13-15-26-23(20)21)25-14-12-17-6-4-9-19(16-17)27-18-7-2-1-3-8-18/h1-11,13,15-16H,12,14H2,(H,25,26). The molecule has 1 N–H and O–H groups in total. The van der Waals surface area contributed by atoms with Crippen LogP contribution in [0.15, 0.2) is 85.1 Å². The molecule has 4 heteroatoms. The summed E-state index contributed by atoms with van der Waals surface area (Å²) in [6.45, 7) is 0.806. The number of hydrogen-bond donors (Lipinski definition) is 1. The minimum Gasteiger partial charge on any atom is -0.457 e. The van der Waals surface area contributed by atoms with Gasteiger partial charge in [0.25, 0.3) is 0 Å². The molecule has 4 aromatic rings. The highest BCUT2D eigenvalue weighted by molar-refractivity contribution is 6.35. The molecular weight excluding hydrogens is 356 g/mol. The predicted molar refractivity (Wildman–Crippen MR) is 112 cm³/mol. The van der Waals surface area contributed by atoms with Gasteiger partial charge in [-0.05, 0) is 48.4 Å². The maximum atomic E-state index is 6.24. The molecule has 0 aliphatic carbocycles. The van der Waals surface area contributed by atoms with Gasteiger partial charge in [-0.1, -0.05) is 54.1 Å². The summed E-state index contributed by atoms with van der Waals surface area (Å²) < 4.78 is 5.91. The average Bonchev–Trinajstić information content (AvgIpc) is 2.70. The maximum Gasteiger partial charge on any atom is 0.127 e. The molecule has 3 nitrogen and oxygen atoms in total. The van der Waals surface area contributed by atoms with E-state index in [0.29, 0.717) is 5.02 Å². The van der Waals surface area contributed by atoms with Crippen LogP contribution >= 0.6 is 11.6 Å². The van der Waals surface area contributed by atoms with Crippen molar-refractivity contribution in [2.75, 3.05) is 11.9 Å². The number of fused-ring (bicyclic) bond motifs is 1. The second kappa shape index (κ2) is 8.11. The topological polar surface area (TPSA) is 34.1 Å². The van der Waals surface area contributed by atoms with Gasteiger partial charge < -0.3 is 10.1 Å². The number of anilines is 1. The third kappa shape index (κ3) is 4.21. The minimum absolute atomic E-state index is 0.668. The lowest BCUT2D eigenvalue weighted by Gasteiger charge is -2.11. The molecule has 0 radical (unpaired) electrons. The van der Waals surface area contributed by atoms with Crippen molar-refractivity contribution in [2.45, 2.75) is 6.42 Å². The summed E-state index contributed by atoms with van der Waals surface area (Å²) in [5, 5.41) is 5.19. The fourth-order valence-corrected chi connectivity index (χ4v) is 3.25. The number of halogens is 1. The molecule has 0 aliphatic heterocycles. The number of aromatic nitrogens is 1. The van der Waals surface area contributed by atoms with Crippen LogP contribution in [-0.2, 0) is 6.42 Å². The van der Waals surface area contributed by atoms with Crippen molar-refractivity contribution in [1.29, 1.82) is 0 Å². The fourth-order valence-electron chi connectivity index (χ4n) is 3.02. The Bertz CT molecular complexity index is 1050. The number of benzene rings is 3. The van der Waals surface area contributed by atoms with Crippen molar-refractivity contribution in [3.8, 4) is 11.5 Å². The quantitative estimate of drug-likeness (QED) is 0.428. The monoisotopic (exact) mass is 374 g/mol. The lowest BCUT2D eigenvalue weighted by Crippen LogP contribution is -2.05. The van der Waals surface area contributed by atoms with Gasteiger partial charge in [-0.15, -0.1) is 0 Å². The van der Waals surface area contributed by atoms with Crippen LogP contribution < -0.4 is 10.1 Å². The Morgan fingerprint density at radius 3 is 2.56 bits per heavy atom. The summed E-state index contributed by atoms with van der Waals surface area (Å²) in [5.41, 5.74) is 3.08. The minimum atomic E-state index is 0.668. The molecule has 0 fully saturated rings. The van der Waals surface area contributed by atoms with E-state index in [0.717, 1.165) is 41.1 Å². The van der Waals surface area contributed by atoms with Crippen LogP contribution in [0.3, 0.4) is 0 Å². The van der Waals surface area contributed by atoms with E-state index >= 15 is 0 Å². The molecule has 0 bridgehead atoms. The van der Waals surface area contributed by atoms with Crippen molar-refractivity contribution in [3.63, 3.8) is 0 Å². The summed E-state index contributed by atoms with van der Waals surface area (Å²) >= 11 is 6.24. The largest absolute Gasteiger partial charge is 0.457 e. The summed E-state index contributed by atoms with van der Waals surface area (Å²) in [5.74, 6) is 1.69. The third-order valence-electron chi connectivity index (χ3n) is 4.33. The van der Waals surface area contributed by atoms with Crippen LogP contribution in [0.25, 0.3) is 10.9 Å². The van der Waals surface area contributed by atoms with Gasteiger partial charge in [0.05, 0.1) is 10.5 Å². The first-order chi connectivity index (χ1) is 13.3. The Labute approximate surface area is 163 Å². The maximum absolute atomic E-state index is 6.24. The van der Waals surface area contributed by atoms with Gasteiger partial charge in [0, 0.05) is 23.8 Å². The lowest BCUT2D eigenvalue weighted by molar-refractivity contribution is 0.482. The summed E-state index contributed by atoms with van der Waals surface area (Å²) in [7, 11) is 0. The number of pyridine rings is 1. The van der Waals surface area contributed by atoms with E-state index in [2.05, 4.69) is 22.4 Å². The Hall–Kier alpha value is -3.04. The van der Waals surface area contributed by atoms with Gasteiger partial charge >= 0.3 is 0 Å². The summed E-state index contributed by atoms with van der Waals surface area (Å²) in [6, 6.07) is 25.8. The Balaban J connectivity index is 1.43. The van der Waals surface area contributed by atoms with Crippen molar-refractivity contribution < 1.29 is 4.74 Å². The highest BCUT2D eigenvalue weighted by atomic mass is 35.5. The second-order valence-corrected chi connectivity index (χ2v) is 6.64. The molecule has 0 aliphatic rings. The SMILES string of the molecule is Clc1cccc2c(NCCc3cccc(Oc4ccccc4)c3)ccnc12. The van der Waals surface area contributed by atoms with E-state index < -0.39 is 0 Å². The van der Waals surface area contributed by atoms with E-state index in [1.165, 1.54) is 5.56 Å². The number of nitrogens with zero attached hydrogens (tertiary/aromatic N) is 1. The molecule has 0 saturated carbocycles. The first kappa shape index (κ1) is 17.4. The Morgan fingerprint density at radius 2 is 1.67 bits per heavy atom. The van der Waals surface area contributed by atoms with Gasteiger partial charge in [0.1, 0.15) is 11.5 Å². The molecule has 27 heavy (non-hydrogen) atoms. The van der Waals surface area contributed by atoms with E-state index in [4.69, 9.17) is 16.3 Å². The van der Waals surface area contributed by atoms with Crippen LogP contribution in [0.4, 0.5) is 5.69 Å². The zero-order valence-corrected chi connectivity index (χ0v) is 15.5. The second-order valence-electron chi connectivity index (χ2n) is 6.23. The summed E-state index contributed by atoms with van der Waals surface area (Å²) in [4.78, 5) is 4.37. The predicted octanol–water partition coefficient (Wildman–Crippen LogP) is 6.34. The van der Waals surface area contributed by atoms with Crippen molar-refractivity contribution in [3.05, 3.63) is 95.6 Å². The lowest BCUT2D eigenvalue weighted by atomic mass is 10.1. The molecule has 0 saturated heterocycles. The van der Waals surface area contributed by atoms with Crippen molar-refractivity contribution in [1.82, 2.24) is 4.98 Å². The Kier molecular flexibility index (Phi) is 5.22. The molecule has 0 spiro atoms. The molecule has 0 atom stereocenters. The number of rotatable bonds is 6. The van der Waals surface area contributed by atoms with Crippen LogP contribution in [0, 0.1) is 0 Å². The molecule has 4 rings (SSSR count). The van der Waals surface area contributed by atoms with Crippen LogP contribution in [-0.4, -0.2) is 11.5 Å². The normalized spacial score (nSPS) is 10.7. The van der Waals surface area contributed by atoms with Crippen molar-refractivity contribution >= 4 is 28.2 Å². The van der Waals surface area contributed by atoms with Gasteiger partial charge in [-0.25, -0.2) is 0 Å². The van der Waals surface area contributed by atoms with Crippen LogP contribution in [0.5, 0.6) is 11.5 Å². The zero-order chi connectivity index (χ0) is 18.5. The molecule has 0 unspecified atom stereocenters. The third-order valence-corrected chi connectivity index (χ3v) is 4.63. The first-order valence-electron chi connectivity index (χ1n) is 8.88. The van der Waals surface area contributed by atoms with E-state index in [-0.39, 0.29) is 0 Å². The average molecular weight is 375 g/mol. The van der Waals surface area contributed by atoms with Gasteiger partial charge in [0.2, 0.25) is 0 Å². The summed E-state index contributed by atoms with van der Waals surface area (Å²) in [6.07, 6.45) is 2.67. The molecule has 1 heterocycles. The van der Waals surface area contributed by atoms with Gasteiger partial charge in [0.15, 0.2) is 0 Å². The number of para-hydroxylation sites is 2. The van der Waals surface area contributed by atoms with E-state index in [1.807, 2.05) is 66.7 Å². The molecule has 3 aromatic carbocycles. The highest BCUT2D eigenvalue weighted by Crippen LogP contribution is 2.27. The number of nitrogens with one attached hydrogen (secondary N) is 1. The Morgan fingerprint density at radius 1 is 0.852 bits per heavy atom. The first-order valence-corrected chi connectivity index (χ1v) is 9.26. The van der Waals surface area contributed by atoms with E-state index in [9.17, 15) is 0 Å². The van der Waals surface area contributed by atoms with Crippen LogP contribution in [0.2, 0.25) is 5.02 Å². The molecule has 0 amide bonds. The highest BCUT2D eigenvalue weighted by Gasteiger charge is 2.05. The fraction of sp³-hybridized carbons (Fsp3) is 0.0870. The molecule has 134 valence electrons. The zero-order valence-electron chi connectivity index (χ0n) is 14.7. The van der Waals surface area contributed by atoms with Gasteiger partial charge in [-0.2, -0.15) is 0 Å². The van der Waals surface area contributed by atoms with E-state index in [1.54, 1.807) is 6.20 Å². The molecule has 1 aromatic heterocycles. The van der Waals surface area contributed by atoms with Gasteiger partial charge in [-0.3, -0.25) is 4.98 Å². The number of hydrogen-bond acceptors (Lipinski definition) is 3.